The van der Waals surface area contributed by atoms with Gasteiger partial charge in [0, 0.05) is 17.3 Å². The largest absolute Gasteiger partial charge is 0.258 e. The zero-order valence-electron chi connectivity index (χ0n) is 16.4. The first-order valence-corrected chi connectivity index (χ1v) is 10.0. The molecule has 1 aromatic heterocycles. The van der Waals surface area contributed by atoms with Crippen molar-refractivity contribution in [2.45, 2.75) is 85.5 Å². The zero-order chi connectivity index (χ0) is 17.5. The summed E-state index contributed by atoms with van der Waals surface area (Å²) < 4.78 is 0. The van der Waals surface area contributed by atoms with Gasteiger partial charge in [-0.05, 0) is 61.8 Å². The molecule has 0 saturated carbocycles. The molecular weight excluding hydrogens is 290 g/mol. The summed E-state index contributed by atoms with van der Waals surface area (Å²) in [6.07, 6.45) is 11.1. The predicted molar refractivity (Wildman–Crippen MR) is 105 cm³/mol. The Bertz CT molecular complexity index is 594. The molecule has 1 aliphatic rings. The van der Waals surface area contributed by atoms with E-state index in [1.807, 2.05) is 0 Å². The fourth-order valence-electron chi connectivity index (χ4n) is 4.40. The zero-order valence-corrected chi connectivity index (χ0v) is 16.4. The lowest BCUT2D eigenvalue weighted by Gasteiger charge is -2.23. The number of aryl methyl sites for hydroxylation is 1. The summed E-state index contributed by atoms with van der Waals surface area (Å²) in [7, 11) is 0. The average molecular weight is 326 g/mol. The fraction of sp³-hybridized carbons (Fsp3) is 0.609. The maximum Gasteiger partial charge on any atom is 0.0487 e. The van der Waals surface area contributed by atoms with E-state index in [1.54, 1.807) is 16.7 Å². The van der Waals surface area contributed by atoms with Gasteiger partial charge in [0.05, 0.1) is 0 Å². The summed E-state index contributed by atoms with van der Waals surface area (Å²) in [5.74, 6) is 1.14. The predicted octanol–water partition coefficient (Wildman–Crippen LogP) is 7.14. The summed E-state index contributed by atoms with van der Waals surface area (Å²) in [5.41, 5.74) is 7.44. The van der Waals surface area contributed by atoms with Gasteiger partial charge in [0.1, 0.15) is 0 Å². The number of aromatic nitrogens is 1. The second kappa shape index (κ2) is 9.20. The van der Waals surface area contributed by atoms with Crippen LogP contribution in [0.2, 0.25) is 0 Å². The quantitative estimate of drug-likeness (QED) is 0.495. The molecule has 2 rings (SSSR count). The maximum absolute atomic E-state index is 4.94. The van der Waals surface area contributed by atoms with Gasteiger partial charge in [0.25, 0.3) is 0 Å². The summed E-state index contributed by atoms with van der Waals surface area (Å²) in [4.78, 5) is 4.94. The van der Waals surface area contributed by atoms with Crippen LogP contribution in [0.15, 0.2) is 41.0 Å². The van der Waals surface area contributed by atoms with E-state index < -0.39 is 0 Å². The van der Waals surface area contributed by atoms with Crippen molar-refractivity contribution in [3.8, 4) is 0 Å². The highest BCUT2D eigenvalue weighted by molar-refractivity contribution is 5.51. The van der Waals surface area contributed by atoms with Gasteiger partial charge in [0.15, 0.2) is 0 Å². The topological polar surface area (TPSA) is 12.9 Å². The summed E-state index contributed by atoms with van der Waals surface area (Å²) >= 11 is 0. The molecule has 0 aliphatic heterocycles. The highest BCUT2D eigenvalue weighted by Crippen LogP contribution is 2.51. The van der Waals surface area contributed by atoms with Crippen LogP contribution in [0.1, 0.15) is 89.9 Å². The van der Waals surface area contributed by atoms with Crippen molar-refractivity contribution in [1.29, 1.82) is 0 Å². The van der Waals surface area contributed by atoms with Crippen LogP contribution in [0.5, 0.6) is 0 Å². The van der Waals surface area contributed by atoms with Gasteiger partial charge < -0.3 is 0 Å². The molecular formula is C23H35N. The molecule has 0 bridgehead atoms. The van der Waals surface area contributed by atoms with Crippen LogP contribution < -0.4 is 0 Å². The van der Waals surface area contributed by atoms with E-state index in [4.69, 9.17) is 4.98 Å². The minimum Gasteiger partial charge on any atom is -0.258 e. The van der Waals surface area contributed by atoms with Crippen LogP contribution in [-0.2, 0) is 0 Å². The highest BCUT2D eigenvalue weighted by atomic mass is 14.7. The third-order valence-electron chi connectivity index (χ3n) is 5.19. The molecule has 1 nitrogen and oxygen atoms in total. The molecule has 0 radical (unpaired) electrons. The van der Waals surface area contributed by atoms with Crippen molar-refractivity contribution in [2.24, 2.45) is 5.92 Å². The van der Waals surface area contributed by atoms with E-state index in [9.17, 15) is 0 Å². The van der Waals surface area contributed by atoms with E-state index in [1.165, 1.54) is 44.2 Å². The van der Waals surface area contributed by atoms with Crippen molar-refractivity contribution >= 4 is 0 Å². The molecule has 1 aliphatic carbocycles. The minimum atomic E-state index is 0.480. The van der Waals surface area contributed by atoms with Crippen molar-refractivity contribution in [3.05, 3.63) is 52.4 Å². The van der Waals surface area contributed by atoms with E-state index in [2.05, 4.69) is 58.9 Å². The number of hydrogen-bond donors (Lipinski definition) is 0. The van der Waals surface area contributed by atoms with Gasteiger partial charge in [-0.2, -0.15) is 0 Å². The van der Waals surface area contributed by atoms with E-state index in [-0.39, 0.29) is 0 Å². The molecule has 1 heterocycles. The second-order valence-electron chi connectivity index (χ2n) is 7.15. The van der Waals surface area contributed by atoms with Crippen LogP contribution >= 0.6 is 0 Å². The van der Waals surface area contributed by atoms with Crippen LogP contribution in [0.25, 0.3) is 0 Å². The Labute approximate surface area is 149 Å². The van der Waals surface area contributed by atoms with E-state index in [0.29, 0.717) is 11.8 Å². The third-order valence-corrected chi connectivity index (χ3v) is 5.19. The summed E-state index contributed by atoms with van der Waals surface area (Å²) in [6, 6.07) is 6.55. The fourth-order valence-corrected chi connectivity index (χ4v) is 4.40. The number of hydrogen-bond acceptors (Lipinski definition) is 1. The van der Waals surface area contributed by atoms with Crippen LogP contribution in [0.3, 0.4) is 0 Å². The molecule has 0 amide bonds. The van der Waals surface area contributed by atoms with E-state index >= 15 is 0 Å². The van der Waals surface area contributed by atoms with Crippen molar-refractivity contribution in [2.75, 3.05) is 0 Å². The Morgan fingerprint density at radius 1 is 1.00 bits per heavy atom. The molecule has 0 fully saturated rings. The van der Waals surface area contributed by atoms with Crippen LogP contribution in [0.4, 0.5) is 0 Å². The lowest BCUT2D eigenvalue weighted by molar-refractivity contribution is 0.490. The molecule has 24 heavy (non-hydrogen) atoms. The van der Waals surface area contributed by atoms with Gasteiger partial charge in [-0.1, -0.05) is 64.7 Å². The minimum absolute atomic E-state index is 0.480. The summed E-state index contributed by atoms with van der Waals surface area (Å²) in [5, 5.41) is 0. The van der Waals surface area contributed by atoms with Gasteiger partial charge in [-0.3, -0.25) is 4.98 Å². The molecule has 0 spiro atoms. The third kappa shape index (κ3) is 3.99. The molecule has 0 N–H and O–H groups in total. The number of rotatable bonds is 8. The van der Waals surface area contributed by atoms with E-state index in [0.717, 1.165) is 12.1 Å². The number of allylic oxidation sites excluding steroid dienone is 4. The van der Waals surface area contributed by atoms with Crippen LogP contribution in [-0.4, -0.2) is 4.98 Å². The second-order valence-corrected chi connectivity index (χ2v) is 7.15. The van der Waals surface area contributed by atoms with Gasteiger partial charge in [0.2, 0.25) is 0 Å². The molecule has 1 heteroatoms. The number of pyridine rings is 1. The molecule has 2 unspecified atom stereocenters. The lowest BCUT2D eigenvalue weighted by Crippen LogP contribution is -2.13. The van der Waals surface area contributed by atoms with Crippen molar-refractivity contribution in [3.63, 3.8) is 0 Å². The normalized spacial score (nSPS) is 22.6. The Morgan fingerprint density at radius 3 is 2.33 bits per heavy atom. The standard InChI is InChI=1S/C23H35N/c1-6-11-18-19(12-7-2)21(14-9-4)23(20(18)13-8-3)22-16-10-15-17(5)24-22/h10,13,15-16,21,23H,6-9,11-12,14H2,1-5H3/b20-13+. The average Bonchev–Trinajstić information content (AvgIpc) is 2.83. The summed E-state index contributed by atoms with van der Waals surface area (Å²) in [6.45, 7) is 11.3. The van der Waals surface area contributed by atoms with Crippen LogP contribution in [0, 0.1) is 12.8 Å². The molecule has 132 valence electrons. The van der Waals surface area contributed by atoms with Gasteiger partial charge in [-0.15, -0.1) is 0 Å². The van der Waals surface area contributed by atoms with Gasteiger partial charge >= 0.3 is 0 Å². The Balaban J connectivity index is 2.56. The molecule has 0 saturated heterocycles. The van der Waals surface area contributed by atoms with Crippen molar-refractivity contribution < 1.29 is 0 Å². The maximum atomic E-state index is 4.94. The Hall–Kier alpha value is -1.37. The highest BCUT2D eigenvalue weighted by Gasteiger charge is 2.38. The monoisotopic (exact) mass is 325 g/mol. The first kappa shape index (κ1) is 19.0. The van der Waals surface area contributed by atoms with Gasteiger partial charge in [-0.25, -0.2) is 0 Å². The smallest absolute Gasteiger partial charge is 0.0487 e. The van der Waals surface area contributed by atoms with Crippen molar-refractivity contribution in [1.82, 2.24) is 4.98 Å². The lowest BCUT2D eigenvalue weighted by atomic mass is 9.81. The SMILES string of the molecule is CC/C=C1\C(CCC)=C(CCC)C(CCC)C1c1cccc(C)n1. The molecule has 0 aromatic carbocycles. The Morgan fingerprint density at radius 2 is 1.75 bits per heavy atom. The first-order chi connectivity index (χ1) is 11.7. The molecule has 1 aromatic rings. The Kier molecular flexibility index (Phi) is 7.27. The number of nitrogens with zero attached hydrogens (tertiary/aromatic N) is 1. The molecule has 2 atom stereocenters. The first-order valence-electron chi connectivity index (χ1n) is 10.0.